The molecule has 1 aromatic heterocycles. The molecule has 0 bridgehead atoms. The van der Waals surface area contributed by atoms with Crippen molar-refractivity contribution in [1.29, 1.82) is 0 Å². The molecule has 10 heteroatoms. The van der Waals surface area contributed by atoms with Crippen molar-refractivity contribution in [3.05, 3.63) is 47.5 Å². The van der Waals surface area contributed by atoms with Gasteiger partial charge in [0.15, 0.2) is 11.5 Å². The molecule has 0 atom stereocenters. The first-order valence-electron chi connectivity index (χ1n) is 10.0. The molecule has 0 fully saturated rings. The van der Waals surface area contributed by atoms with E-state index in [9.17, 15) is 9.18 Å². The Morgan fingerprint density at radius 2 is 2.00 bits per heavy atom. The summed E-state index contributed by atoms with van der Waals surface area (Å²) in [5.74, 6) is 1.01. The number of rotatable bonds is 12. The zero-order valence-electron chi connectivity index (χ0n) is 17.6. The highest BCUT2D eigenvalue weighted by molar-refractivity contribution is 6.31. The molecule has 3 aromatic rings. The molecule has 0 spiro atoms. The Balaban J connectivity index is 1.76. The number of nitrogens with one attached hydrogen (secondary N) is 1. The number of methoxy groups -OCH3 is 1. The normalized spacial score (nSPS) is 10.8. The first-order valence-corrected chi connectivity index (χ1v) is 10.4. The van der Waals surface area contributed by atoms with Crippen molar-refractivity contribution in [3.8, 4) is 11.5 Å². The topological polar surface area (TPSA) is 96.8 Å². The summed E-state index contributed by atoms with van der Waals surface area (Å²) < 4.78 is 24.8. The number of halogens is 2. The zero-order chi connectivity index (χ0) is 22.9. The van der Waals surface area contributed by atoms with E-state index >= 15 is 0 Å². The van der Waals surface area contributed by atoms with Gasteiger partial charge in [0, 0.05) is 36.8 Å². The van der Waals surface area contributed by atoms with Gasteiger partial charge in [0.25, 0.3) is 0 Å². The molecule has 0 saturated carbocycles. The van der Waals surface area contributed by atoms with Crippen molar-refractivity contribution in [2.24, 2.45) is 0 Å². The lowest BCUT2D eigenvalue weighted by Crippen LogP contribution is -2.26. The van der Waals surface area contributed by atoms with Crippen LogP contribution in [0.3, 0.4) is 0 Å². The molecule has 0 unspecified atom stereocenters. The number of amides is 1. The molecule has 3 rings (SSSR count). The predicted molar refractivity (Wildman–Crippen MR) is 120 cm³/mol. The molecule has 0 aliphatic heterocycles. The maximum atomic E-state index is 13.5. The van der Waals surface area contributed by atoms with Crippen LogP contribution in [0.4, 0.5) is 15.9 Å². The van der Waals surface area contributed by atoms with E-state index in [4.69, 9.17) is 26.2 Å². The van der Waals surface area contributed by atoms with E-state index in [0.717, 1.165) is 6.41 Å². The van der Waals surface area contributed by atoms with Gasteiger partial charge in [0.2, 0.25) is 6.41 Å². The maximum Gasteiger partial charge on any atom is 0.209 e. The van der Waals surface area contributed by atoms with Crippen LogP contribution in [0.25, 0.3) is 10.9 Å². The molecular weight excluding hydrogens is 439 g/mol. The molecule has 1 heterocycles. The number of benzene rings is 2. The number of carbonyl (C=O) groups is 1. The molecule has 2 aromatic carbocycles. The minimum absolute atomic E-state index is 0.00223. The van der Waals surface area contributed by atoms with E-state index in [0.29, 0.717) is 66.4 Å². The van der Waals surface area contributed by atoms with Crippen LogP contribution in [0.15, 0.2) is 36.7 Å². The Kier molecular flexibility index (Phi) is 8.41. The van der Waals surface area contributed by atoms with Crippen LogP contribution in [0.1, 0.15) is 12.8 Å². The summed E-state index contributed by atoms with van der Waals surface area (Å²) in [6.07, 6.45) is 3.32. The summed E-state index contributed by atoms with van der Waals surface area (Å²) >= 11 is 5.87. The lowest BCUT2D eigenvalue weighted by molar-refractivity contribution is -0.118. The van der Waals surface area contributed by atoms with Gasteiger partial charge in [-0.15, -0.1) is 0 Å². The van der Waals surface area contributed by atoms with Crippen molar-refractivity contribution in [2.45, 2.75) is 12.8 Å². The summed E-state index contributed by atoms with van der Waals surface area (Å²) in [4.78, 5) is 21.3. The Hall–Kier alpha value is -3.17. The second kappa shape index (κ2) is 11.4. The van der Waals surface area contributed by atoms with Crippen LogP contribution in [-0.2, 0) is 4.79 Å². The van der Waals surface area contributed by atoms with Crippen molar-refractivity contribution in [2.75, 3.05) is 38.7 Å². The smallest absolute Gasteiger partial charge is 0.209 e. The van der Waals surface area contributed by atoms with Crippen LogP contribution in [0.2, 0.25) is 5.02 Å². The fourth-order valence-corrected chi connectivity index (χ4v) is 3.27. The third kappa shape index (κ3) is 5.95. The monoisotopic (exact) mass is 462 g/mol. The van der Waals surface area contributed by atoms with Crippen molar-refractivity contribution in [1.82, 2.24) is 14.9 Å². The molecule has 1 amide bonds. The highest BCUT2D eigenvalue weighted by Gasteiger charge is 2.13. The Labute approximate surface area is 189 Å². The van der Waals surface area contributed by atoms with Gasteiger partial charge in [-0.25, -0.2) is 14.4 Å². The standard InChI is InChI=1S/C22H24ClFN4O4/c1-31-20-12-19-16(11-21(20)32-9-3-7-28(14-30)6-2-8-29)22(26-13-25-19)27-15-4-5-18(24)17(23)10-15/h4-5,10-14,29H,2-3,6-9H2,1H3,(H,25,26,27). The number of anilines is 2. The van der Waals surface area contributed by atoms with Gasteiger partial charge in [-0.1, -0.05) is 11.6 Å². The number of aliphatic hydroxyl groups excluding tert-OH is 1. The van der Waals surface area contributed by atoms with Gasteiger partial charge in [0.05, 0.1) is 24.3 Å². The van der Waals surface area contributed by atoms with Gasteiger partial charge in [0.1, 0.15) is 18.0 Å². The minimum atomic E-state index is -0.505. The molecule has 170 valence electrons. The summed E-state index contributed by atoms with van der Waals surface area (Å²) in [6, 6.07) is 7.82. The minimum Gasteiger partial charge on any atom is -0.493 e. The van der Waals surface area contributed by atoms with Gasteiger partial charge in [-0.2, -0.15) is 0 Å². The highest BCUT2D eigenvalue weighted by Crippen LogP contribution is 2.35. The van der Waals surface area contributed by atoms with Gasteiger partial charge < -0.3 is 24.8 Å². The predicted octanol–water partition coefficient (Wildman–Crippen LogP) is 3.78. The number of carbonyl (C=O) groups excluding carboxylic acids is 1. The third-order valence-electron chi connectivity index (χ3n) is 4.70. The second-order valence-electron chi connectivity index (χ2n) is 6.92. The molecule has 0 radical (unpaired) electrons. The second-order valence-corrected chi connectivity index (χ2v) is 7.32. The van der Waals surface area contributed by atoms with Crippen LogP contribution < -0.4 is 14.8 Å². The fraction of sp³-hybridized carbons (Fsp3) is 0.318. The van der Waals surface area contributed by atoms with E-state index in [1.54, 1.807) is 23.1 Å². The van der Waals surface area contributed by atoms with Crippen LogP contribution in [0, 0.1) is 5.82 Å². The summed E-state index contributed by atoms with van der Waals surface area (Å²) in [5.41, 5.74) is 1.21. The fourth-order valence-electron chi connectivity index (χ4n) is 3.09. The first kappa shape index (κ1) is 23.5. The van der Waals surface area contributed by atoms with E-state index in [-0.39, 0.29) is 11.6 Å². The Bertz CT molecular complexity index is 1070. The van der Waals surface area contributed by atoms with E-state index in [1.807, 2.05) is 0 Å². The Morgan fingerprint density at radius 1 is 1.19 bits per heavy atom. The summed E-state index contributed by atoms with van der Waals surface area (Å²) in [7, 11) is 1.54. The van der Waals surface area contributed by atoms with Gasteiger partial charge in [-0.05, 0) is 37.1 Å². The Morgan fingerprint density at radius 3 is 2.72 bits per heavy atom. The summed E-state index contributed by atoms with van der Waals surface area (Å²) in [6.45, 7) is 1.41. The SMILES string of the molecule is COc1cc2ncnc(Nc3ccc(F)c(Cl)c3)c2cc1OCCCN(C=O)CCCO. The average Bonchev–Trinajstić information content (AvgIpc) is 2.80. The lowest BCUT2D eigenvalue weighted by Gasteiger charge is -2.17. The highest BCUT2D eigenvalue weighted by atomic mass is 35.5. The van der Waals surface area contributed by atoms with Gasteiger partial charge >= 0.3 is 0 Å². The third-order valence-corrected chi connectivity index (χ3v) is 4.99. The van der Waals surface area contributed by atoms with Crippen LogP contribution >= 0.6 is 11.6 Å². The first-order chi connectivity index (χ1) is 15.5. The largest absolute Gasteiger partial charge is 0.493 e. The number of aromatic nitrogens is 2. The van der Waals surface area contributed by atoms with E-state index in [2.05, 4.69) is 15.3 Å². The number of hydrogen-bond acceptors (Lipinski definition) is 7. The molecule has 0 aliphatic rings. The molecule has 2 N–H and O–H groups in total. The van der Waals surface area contributed by atoms with Gasteiger partial charge in [-0.3, -0.25) is 4.79 Å². The van der Waals surface area contributed by atoms with Crippen LogP contribution in [0.5, 0.6) is 11.5 Å². The maximum absolute atomic E-state index is 13.5. The summed E-state index contributed by atoms with van der Waals surface area (Å²) in [5, 5.41) is 12.7. The van der Waals surface area contributed by atoms with E-state index in [1.165, 1.54) is 25.6 Å². The molecule has 32 heavy (non-hydrogen) atoms. The van der Waals surface area contributed by atoms with Crippen molar-refractivity contribution < 1.29 is 23.8 Å². The number of nitrogens with zero attached hydrogens (tertiary/aromatic N) is 3. The lowest BCUT2D eigenvalue weighted by atomic mass is 10.2. The number of fused-ring (bicyclic) bond motifs is 1. The number of hydrogen-bond donors (Lipinski definition) is 2. The van der Waals surface area contributed by atoms with E-state index < -0.39 is 5.82 Å². The zero-order valence-corrected chi connectivity index (χ0v) is 18.3. The molecule has 8 nitrogen and oxygen atoms in total. The quantitative estimate of drug-likeness (QED) is 0.312. The number of aliphatic hydroxyl groups is 1. The molecule has 0 saturated heterocycles. The molecular formula is C22H24ClFN4O4. The van der Waals surface area contributed by atoms with Crippen molar-refractivity contribution in [3.63, 3.8) is 0 Å². The van der Waals surface area contributed by atoms with Crippen molar-refractivity contribution >= 4 is 40.4 Å². The van der Waals surface area contributed by atoms with Crippen LogP contribution in [-0.4, -0.2) is 59.8 Å². The number of ether oxygens (including phenoxy) is 2. The average molecular weight is 463 g/mol. The molecule has 0 aliphatic carbocycles.